The number of fused-ring (bicyclic) bond motifs is 4. The summed E-state index contributed by atoms with van der Waals surface area (Å²) in [7, 11) is -3.20. The fourth-order valence-electron chi connectivity index (χ4n) is 6.17. The third-order valence-electron chi connectivity index (χ3n) is 8.34. The number of hydrogen-bond acceptors (Lipinski definition) is 5. The molecule has 43 heavy (non-hydrogen) atoms. The van der Waals surface area contributed by atoms with Crippen LogP contribution in [0.2, 0.25) is 0 Å². The first-order chi connectivity index (χ1) is 20.6. The van der Waals surface area contributed by atoms with Gasteiger partial charge >= 0.3 is 0 Å². The molecule has 1 aliphatic rings. The molecule has 0 saturated carbocycles. The highest BCUT2D eigenvalue weighted by Crippen LogP contribution is 2.36. The lowest BCUT2D eigenvalue weighted by Crippen LogP contribution is -2.37. The average Bonchev–Trinajstić information content (AvgIpc) is 3.66. The summed E-state index contributed by atoms with van der Waals surface area (Å²) in [6, 6.07) is 14.7. The summed E-state index contributed by atoms with van der Waals surface area (Å²) in [5.74, 6) is -0.846. The molecule has 12 heteroatoms. The van der Waals surface area contributed by atoms with Crippen LogP contribution in [0.1, 0.15) is 47.2 Å². The molecule has 0 aliphatic carbocycles. The van der Waals surface area contributed by atoms with Crippen molar-refractivity contribution in [3.63, 3.8) is 0 Å². The van der Waals surface area contributed by atoms with Crippen molar-refractivity contribution in [1.82, 2.24) is 23.9 Å². The van der Waals surface area contributed by atoms with Crippen LogP contribution in [-0.2, 0) is 10.0 Å². The van der Waals surface area contributed by atoms with Gasteiger partial charge in [0.25, 0.3) is 0 Å². The van der Waals surface area contributed by atoms with Crippen LogP contribution in [0.5, 0.6) is 11.5 Å². The van der Waals surface area contributed by atoms with E-state index < -0.39 is 27.8 Å². The molecule has 1 unspecified atom stereocenters. The zero-order valence-corrected chi connectivity index (χ0v) is 24.3. The largest absolute Gasteiger partial charge is 0.454 e. The highest BCUT2D eigenvalue weighted by molar-refractivity contribution is 7.88. The summed E-state index contributed by atoms with van der Waals surface area (Å²) in [5.41, 5.74) is 5.10. The number of aromatic amines is 2. The molecule has 3 N–H and O–H groups in total. The number of nitrogens with zero attached hydrogens (tertiary/aromatic N) is 3. The molecule has 0 bridgehead atoms. The fourth-order valence-corrected chi connectivity index (χ4v) is 7.04. The second kappa shape index (κ2) is 10.2. The van der Waals surface area contributed by atoms with Crippen LogP contribution in [0.4, 0.5) is 8.78 Å². The third kappa shape index (κ3) is 4.85. The first kappa shape index (κ1) is 27.6. The van der Waals surface area contributed by atoms with Crippen LogP contribution in [0.3, 0.4) is 0 Å². The second-order valence-electron chi connectivity index (χ2n) is 11.2. The van der Waals surface area contributed by atoms with Gasteiger partial charge in [0.05, 0.1) is 18.0 Å². The number of rotatable bonds is 6. The number of hydrogen-bond donors (Lipinski definition) is 3. The molecule has 0 spiro atoms. The van der Waals surface area contributed by atoms with Gasteiger partial charge in [-0.15, -0.1) is 0 Å². The molecule has 6 aromatic rings. The Morgan fingerprint density at radius 2 is 1.79 bits per heavy atom. The quantitative estimate of drug-likeness (QED) is 0.219. The van der Waals surface area contributed by atoms with Crippen molar-refractivity contribution in [3.05, 3.63) is 94.8 Å². The van der Waals surface area contributed by atoms with Crippen molar-refractivity contribution >= 4 is 37.6 Å². The van der Waals surface area contributed by atoms with E-state index in [1.165, 1.54) is 39.5 Å². The molecule has 7 rings (SSSR count). The van der Waals surface area contributed by atoms with Crippen LogP contribution in [0.15, 0.2) is 60.8 Å². The Balaban J connectivity index is 1.19. The lowest BCUT2D eigenvalue weighted by molar-refractivity contribution is 0.217. The summed E-state index contributed by atoms with van der Waals surface area (Å²) >= 11 is 0. The predicted molar refractivity (Wildman–Crippen MR) is 159 cm³/mol. The summed E-state index contributed by atoms with van der Waals surface area (Å²) in [5, 5.41) is 16.7. The number of halogens is 2. The highest BCUT2D eigenvalue weighted by atomic mass is 32.2. The predicted octanol–water partition coefficient (Wildman–Crippen LogP) is 5.90. The number of para-hydroxylation sites is 1. The maximum Gasteiger partial charge on any atom is 0.211 e. The van der Waals surface area contributed by atoms with E-state index in [0.29, 0.717) is 35.5 Å². The average molecular weight is 606 g/mol. The smallest absolute Gasteiger partial charge is 0.211 e. The van der Waals surface area contributed by atoms with Gasteiger partial charge in [0.1, 0.15) is 23.0 Å². The molecular formula is C31H29F2N5O4S. The fraction of sp³-hybridized carbons (Fsp3) is 0.258. The minimum atomic E-state index is -3.20. The first-order valence-electron chi connectivity index (χ1n) is 13.9. The van der Waals surface area contributed by atoms with E-state index in [9.17, 15) is 17.9 Å². The van der Waals surface area contributed by atoms with Crippen molar-refractivity contribution in [2.24, 2.45) is 0 Å². The normalized spacial score (nSPS) is 16.0. The van der Waals surface area contributed by atoms with E-state index in [0.717, 1.165) is 34.9 Å². The molecular weight excluding hydrogens is 576 g/mol. The van der Waals surface area contributed by atoms with Crippen molar-refractivity contribution in [2.75, 3.05) is 19.3 Å². The molecule has 3 aromatic carbocycles. The lowest BCUT2D eigenvalue weighted by atomic mass is 9.87. The topological polar surface area (TPSA) is 116 Å². The zero-order chi connectivity index (χ0) is 30.0. The molecule has 222 valence electrons. The minimum Gasteiger partial charge on any atom is -0.454 e. The van der Waals surface area contributed by atoms with Gasteiger partial charge in [0.15, 0.2) is 17.4 Å². The third-order valence-corrected chi connectivity index (χ3v) is 9.65. The van der Waals surface area contributed by atoms with E-state index in [2.05, 4.69) is 27.2 Å². The molecule has 3 aromatic heterocycles. The van der Waals surface area contributed by atoms with Crippen molar-refractivity contribution < 1.29 is 27.0 Å². The summed E-state index contributed by atoms with van der Waals surface area (Å²) in [6.07, 6.45) is 3.15. The van der Waals surface area contributed by atoms with E-state index >= 15 is 4.39 Å². The van der Waals surface area contributed by atoms with Gasteiger partial charge in [-0.1, -0.05) is 12.1 Å². The number of aliphatic hydroxyl groups excluding tert-OH is 1. The molecule has 1 fully saturated rings. The lowest BCUT2D eigenvalue weighted by Gasteiger charge is -2.31. The number of nitrogens with one attached hydrogen (secondary N) is 2. The molecule has 1 atom stereocenters. The van der Waals surface area contributed by atoms with Gasteiger partial charge in [-0.05, 0) is 67.1 Å². The SMILES string of the molecule is Cc1cc2cc(C(O)c3cnn4c3[nH]c3cc(Oc5ccccc5F)cc(F)c34)[nH]c2cc1C1CCN(S(C)(=O)=O)CC1. The van der Waals surface area contributed by atoms with Crippen LogP contribution in [0.25, 0.3) is 27.6 Å². The van der Waals surface area contributed by atoms with Crippen molar-refractivity contribution in [2.45, 2.75) is 31.8 Å². The second-order valence-corrected chi connectivity index (χ2v) is 13.2. The van der Waals surface area contributed by atoms with Gasteiger partial charge in [-0.2, -0.15) is 5.10 Å². The molecule has 4 heterocycles. The number of aromatic nitrogens is 4. The number of aryl methyl sites for hydroxylation is 1. The maximum atomic E-state index is 15.2. The molecule has 0 radical (unpaired) electrons. The van der Waals surface area contributed by atoms with Gasteiger partial charge in [-0.25, -0.2) is 26.0 Å². The molecule has 0 amide bonds. The minimum absolute atomic E-state index is 0.0229. The van der Waals surface area contributed by atoms with Gasteiger partial charge in [0, 0.05) is 47.4 Å². The Hall–Kier alpha value is -4.26. The number of ether oxygens (including phenoxy) is 1. The Kier molecular flexibility index (Phi) is 6.53. The van der Waals surface area contributed by atoms with Crippen molar-refractivity contribution in [3.8, 4) is 11.5 Å². The number of H-pyrrole nitrogens is 2. The molecule has 9 nitrogen and oxygen atoms in total. The van der Waals surface area contributed by atoms with E-state index in [1.54, 1.807) is 18.2 Å². The number of sulfonamides is 1. The first-order valence-corrected chi connectivity index (χ1v) is 15.8. The number of benzene rings is 3. The summed E-state index contributed by atoms with van der Waals surface area (Å²) in [6.45, 7) is 3.04. The number of aliphatic hydroxyl groups is 1. The van der Waals surface area contributed by atoms with Crippen LogP contribution >= 0.6 is 0 Å². The monoisotopic (exact) mass is 605 g/mol. The maximum absolute atomic E-state index is 15.2. The highest BCUT2D eigenvalue weighted by Gasteiger charge is 2.27. The van der Waals surface area contributed by atoms with Gasteiger partial charge < -0.3 is 19.8 Å². The Bertz CT molecular complexity index is 2130. The molecule has 1 aliphatic heterocycles. The number of piperidine rings is 1. The summed E-state index contributed by atoms with van der Waals surface area (Å²) < 4.78 is 61.7. The zero-order valence-electron chi connectivity index (χ0n) is 23.4. The van der Waals surface area contributed by atoms with Gasteiger partial charge in [0.2, 0.25) is 10.0 Å². The van der Waals surface area contributed by atoms with Gasteiger partial charge in [-0.3, -0.25) is 0 Å². The molecule has 1 saturated heterocycles. The van der Waals surface area contributed by atoms with E-state index in [4.69, 9.17) is 4.74 Å². The Morgan fingerprint density at radius 3 is 2.53 bits per heavy atom. The Morgan fingerprint density at radius 1 is 1.02 bits per heavy atom. The van der Waals surface area contributed by atoms with E-state index in [1.807, 2.05) is 13.0 Å². The van der Waals surface area contributed by atoms with Crippen LogP contribution in [0, 0.1) is 18.6 Å². The van der Waals surface area contributed by atoms with E-state index in [-0.39, 0.29) is 22.9 Å². The van der Waals surface area contributed by atoms with Crippen LogP contribution < -0.4 is 4.74 Å². The standard InChI is InChI=1S/C31H29F2N5O4S/c1-17-11-19-12-27(35-25(19)15-21(17)18-7-9-37(10-8-18)43(2,40)41)30(39)22-16-34-38-29-24(33)13-20(14-26(29)36-31(22)38)42-28-6-4-3-5-23(28)32/h3-6,11-16,18,30,35-36,39H,7-10H2,1-2H3. The van der Waals surface area contributed by atoms with Crippen LogP contribution in [-0.4, -0.2) is 56.8 Å². The number of imidazole rings is 1. The van der Waals surface area contributed by atoms with Crippen molar-refractivity contribution in [1.29, 1.82) is 0 Å². The Labute approximate surface area is 245 Å². The summed E-state index contributed by atoms with van der Waals surface area (Å²) in [4.78, 5) is 6.47.